The van der Waals surface area contributed by atoms with Crippen molar-refractivity contribution in [2.75, 3.05) is 5.32 Å². The molecule has 4 heteroatoms. The number of carbonyl (C=O) groups is 1. The van der Waals surface area contributed by atoms with Crippen molar-refractivity contribution in [3.8, 4) is 0 Å². The van der Waals surface area contributed by atoms with Gasteiger partial charge in [-0.1, -0.05) is 15.9 Å². The molecule has 0 saturated carbocycles. The van der Waals surface area contributed by atoms with Crippen molar-refractivity contribution in [3.63, 3.8) is 0 Å². The van der Waals surface area contributed by atoms with Crippen LogP contribution in [-0.4, -0.2) is 10.9 Å². The largest absolute Gasteiger partial charge is 0.365 e. The number of carbonyl (C=O) groups excluding carboxylic acids is 1. The first-order valence-corrected chi connectivity index (χ1v) is 6.12. The molecule has 0 aliphatic carbocycles. The van der Waals surface area contributed by atoms with Crippen molar-refractivity contribution < 1.29 is 4.79 Å². The lowest BCUT2D eigenvalue weighted by molar-refractivity contribution is -0.115. The monoisotopic (exact) mass is 292 g/mol. The van der Waals surface area contributed by atoms with Crippen LogP contribution in [0.25, 0.3) is 0 Å². The molecule has 0 bridgehead atoms. The topological polar surface area (TPSA) is 44.9 Å². The van der Waals surface area contributed by atoms with Crippen LogP contribution in [0.5, 0.6) is 0 Å². The second-order valence-corrected chi connectivity index (χ2v) is 4.84. The Hall–Kier alpha value is -1.55. The number of H-pyrrole nitrogens is 1. The van der Waals surface area contributed by atoms with Crippen LogP contribution in [0.4, 0.5) is 5.69 Å². The number of benzene rings is 1. The lowest BCUT2D eigenvalue weighted by atomic mass is 10.2. The van der Waals surface area contributed by atoms with Crippen molar-refractivity contribution in [2.45, 2.75) is 13.3 Å². The number of nitrogens with one attached hydrogen (secondary N) is 2. The summed E-state index contributed by atoms with van der Waals surface area (Å²) in [7, 11) is 0. The van der Waals surface area contributed by atoms with Gasteiger partial charge in [0.2, 0.25) is 5.91 Å². The van der Waals surface area contributed by atoms with E-state index in [1.165, 1.54) is 0 Å². The molecular formula is C13H13BrN2O. The summed E-state index contributed by atoms with van der Waals surface area (Å²) in [5.74, 6) is -0.00803. The lowest BCUT2D eigenvalue weighted by Crippen LogP contribution is -2.13. The lowest BCUT2D eigenvalue weighted by Gasteiger charge is -2.04. The molecule has 0 unspecified atom stereocenters. The number of amides is 1. The standard InChI is InChI=1S/C13H13BrN2O/c1-9-6-10(8-15-9)7-13(17)16-12-4-2-11(14)3-5-12/h2-6,8,15H,7H2,1H3,(H,16,17). The number of aryl methyl sites for hydroxylation is 1. The number of halogens is 1. The number of aromatic nitrogens is 1. The number of hydrogen-bond acceptors (Lipinski definition) is 1. The summed E-state index contributed by atoms with van der Waals surface area (Å²) in [6, 6.07) is 9.50. The van der Waals surface area contributed by atoms with E-state index in [2.05, 4.69) is 26.2 Å². The molecule has 0 aliphatic heterocycles. The maximum atomic E-state index is 11.7. The average Bonchev–Trinajstić information content (AvgIpc) is 2.67. The molecule has 0 radical (unpaired) electrons. The summed E-state index contributed by atoms with van der Waals surface area (Å²) in [6.45, 7) is 1.97. The average molecular weight is 293 g/mol. The van der Waals surface area contributed by atoms with E-state index >= 15 is 0 Å². The van der Waals surface area contributed by atoms with Crippen LogP contribution < -0.4 is 5.32 Å². The van der Waals surface area contributed by atoms with E-state index in [9.17, 15) is 4.79 Å². The summed E-state index contributed by atoms with van der Waals surface area (Å²) >= 11 is 3.35. The molecule has 1 aromatic heterocycles. The van der Waals surface area contributed by atoms with Gasteiger partial charge in [0.1, 0.15) is 0 Å². The van der Waals surface area contributed by atoms with Gasteiger partial charge >= 0.3 is 0 Å². The molecule has 1 heterocycles. The molecule has 17 heavy (non-hydrogen) atoms. The molecule has 1 amide bonds. The first kappa shape index (κ1) is 11.9. The Kier molecular flexibility index (Phi) is 3.64. The van der Waals surface area contributed by atoms with Crippen LogP contribution in [-0.2, 0) is 11.2 Å². The molecule has 0 saturated heterocycles. The summed E-state index contributed by atoms with van der Waals surface area (Å²) in [4.78, 5) is 14.8. The number of hydrogen-bond donors (Lipinski definition) is 2. The highest BCUT2D eigenvalue weighted by Crippen LogP contribution is 2.14. The van der Waals surface area contributed by atoms with Gasteiger partial charge in [-0.3, -0.25) is 4.79 Å². The van der Waals surface area contributed by atoms with Gasteiger partial charge in [0.25, 0.3) is 0 Å². The van der Waals surface area contributed by atoms with Crippen LogP contribution >= 0.6 is 15.9 Å². The van der Waals surface area contributed by atoms with Crippen molar-refractivity contribution >= 4 is 27.5 Å². The SMILES string of the molecule is Cc1cc(CC(=O)Nc2ccc(Br)cc2)c[nH]1. The summed E-state index contributed by atoms with van der Waals surface area (Å²) in [6.07, 6.45) is 2.25. The Balaban J connectivity index is 1.95. The number of anilines is 1. The van der Waals surface area contributed by atoms with Gasteiger partial charge in [-0.15, -0.1) is 0 Å². The molecule has 0 aliphatic rings. The van der Waals surface area contributed by atoms with Crippen LogP contribution in [0.2, 0.25) is 0 Å². The van der Waals surface area contributed by atoms with Crippen LogP contribution in [0.15, 0.2) is 41.0 Å². The first-order valence-electron chi connectivity index (χ1n) is 5.33. The highest BCUT2D eigenvalue weighted by Gasteiger charge is 2.05. The predicted octanol–water partition coefficient (Wildman–Crippen LogP) is 3.27. The van der Waals surface area contributed by atoms with Crippen molar-refractivity contribution in [1.82, 2.24) is 4.98 Å². The van der Waals surface area contributed by atoms with E-state index < -0.39 is 0 Å². The van der Waals surface area contributed by atoms with Crippen molar-refractivity contribution in [1.29, 1.82) is 0 Å². The zero-order valence-electron chi connectivity index (χ0n) is 9.46. The third kappa shape index (κ3) is 3.46. The normalized spacial score (nSPS) is 10.2. The molecule has 2 aromatic rings. The Morgan fingerprint density at radius 2 is 2.06 bits per heavy atom. The minimum Gasteiger partial charge on any atom is -0.365 e. The fraction of sp³-hybridized carbons (Fsp3) is 0.154. The highest BCUT2D eigenvalue weighted by molar-refractivity contribution is 9.10. The van der Waals surface area contributed by atoms with Gasteiger partial charge < -0.3 is 10.3 Å². The maximum Gasteiger partial charge on any atom is 0.228 e. The van der Waals surface area contributed by atoms with Gasteiger partial charge in [0, 0.05) is 22.1 Å². The molecule has 0 fully saturated rings. The summed E-state index contributed by atoms with van der Waals surface area (Å²) in [5, 5.41) is 2.85. The van der Waals surface area contributed by atoms with Gasteiger partial charge in [0.05, 0.1) is 6.42 Å². The zero-order chi connectivity index (χ0) is 12.3. The quantitative estimate of drug-likeness (QED) is 0.896. The smallest absolute Gasteiger partial charge is 0.228 e. The van der Waals surface area contributed by atoms with E-state index in [0.29, 0.717) is 6.42 Å². The van der Waals surface area contributed by atoms with E-state index in [1.807, 2.05) is 43.5 Å². The van der Waals surface area contributed by atoms with Crippen LogP contribution in [0, 0.1) is 6.92 Å². The second kappa shape index (κ2) is 5.19. The number of rotatable bonds is 3. The molecular weight excluding hydrogens is 280 g/mol. The molecule has 2 rings (SSSR count). The van der Waals surface area contributed by atoms with Crippen LogP contribution in [0.1, 0.15) is 11.3 Å². The predicted molar refractivity (Wildman–Crippen MR) is 72.0 cm³/mol. The van der Waals surface area contributed by atoms with Gasteiger partial charge in [0.15, 0.2) is 0 Å². The molecule has 88 valence electrons. The van der Waals surface area contributed by atoms with Crippen molar-refractivity contribution in [3.05, 3.63) is 52.3 Å². The van der Waals surface area contributed by atoms with Crippen LogP contribution in [0.3, 0.4) is 0 Å². The maximum absolute atomic E-state index is 11.7. The fourth-order valence-corrected chi connectivity index (χ4v) is 1.86. The van der Waals surface area contributed by atoms with Gasteiger partial charge in [-0.2, -0.15) is 0 Å². The van der Waals surface area contributed by atoms with E-state index in [0.717, 1.165) is 21.4 Å². The Morgan fingerprint density at radius 1 is 1.35 bits per heavy atom. The zero-order valence-corrected chi connectivity index (χ0v) is 11.0. The third-order valence-electron chi connectivity index (χ3n) is 2.38. The minimum absolute atomic E-state index is 0.00803. The molecule has 0 spiro atoms. The van der Waals surface area contributed by atoms with E-state index in [4.69, 9.17) is 0 Å². The molecule has 3 nitrogen and oxygen atoms in total. The Morgan fingerprint density at radius 3 is 2.65 bits per heavy atom. The van der Waals surface area contributed by atoms with Gasteiger partial charge in [-0.25, -0.2) is 0 Å². The minimum atomic E-state index is -0.00803. The summed E-state index contributed by atoms with van der Waals surface area (Å²) < 4.78 is 0.997. The molecule has 2 N–H and O–H groups in total. The van der Waals surface area contributed by atoms with E-state index in [-0.39, 0.29) is 5.91 Å². The fourth-order valence-electron chi connectivity index (χ4n) is 1.59. The second-order valence-electron chi connectivity index (χ2n) is 3.92. The number of aromatic amines is 1. The third-order valence-corrected chi connectivity index (χ3v) is 2.91. The molecule has 0 atom stereocenters. The Bertz CT molecular complexity index is 516. The first-order chi connectivity index (χ1) is 8.13. The van der Waals surface area contributed by atoms with Crippen molar-refractivity contribution in [2.24, 2.45) is 0 Å². The summed E-state index contributed by atoms with van der Waals surface area (Å²) in [5.41, 5.74) is 2.87. The highest BCUT2D eigenvalue weighted by atomic mass is 79.9. The molecule has 1 aromatic carbocycles. The van der Waals surface area contributed by atoms with E-state index in [1.54, 1.807) is 0 Å². The Labute approximate surface area is 108 Å². The van der Waals surface area contributed by atoms with Gasteiger partial charge in [-0.05, 0) is 42.8 Å².